The number of benzene rings is 1. The molecule has 18 heavy (non-hydrogen) atoms. The fourth-order valence-electron chi connectivity index (χ4n) is 2.77. The van der Waals surface area contributed by atoms with E-state index in [2.05, 4.69) is 11.8 Å². The molecule has 0 atom stereocenters. The molecule has 0 saturated heterocycles. The molecule has 0 aliphatic heterocycles. The summed E-state index contributed by atoms with van der Waals surface area (Å²) in [6, 6.07) is 7.28. The Morgan fingerprint density at radius 1 is 1.28 bits per heavy atom. The molecule has 2 N–H and O–H groups in total. The summed E-state index contributed by atoms with van der Waals surface area (Å²) in [6.07, 6.45) is 4.66. The molecule has 1 aliphatic carbocycles. The Morgan fingerprint density at radius 3 is 2.61 bits per heavy atom. The highest BCUT2D eigenvalue weighted by Crippen LogP contribution is 2.26. The highest BCUT2D eigenvalue weighted by molar-refractivity contribution is 5.46. The van der Waals surface area contributed by atoms with Gasteiger partial charge in [0.2, 0.25) is 0 Å². The van der Waals surface area contributed by atoms with E-state index >= 15 is 0 Å². The van der Waals surface area contributed by atoms with Gasteiger partial charge in [0.1, 0.15) is 5.82 Å². The summed E-state index contributed by atoms with van der Waals surface area (Å²) in [4.78, 5) is 2.27. The smallest absolute Gasteiger partial charge is 0.125 e. The Kier molecular flexibility index (Phi) is 4.59. The highest BCUT2D eigenvalue weighted by Gasteiger charge is 2.20. The number of halogens is 1. The van der Waals surface area contributed by atoms with Crippen LogP contribution in [0.15, 0.2) is 24.3 Å². The van der Waals surface area contributed by atoms with Gasteiger partial charge in [0.25, 0.3) is 0 Å². The predicted octanol–water partition coefficient (Wildman–Crippen LogP) is 3.17. The fourth-order valence-corrected chi connectivity index (χ4v) is 2.77. The third-order valence-electron chi connectivity index (χ3n) is 3.93. The second kappa shape index (κ2) is 6.19. The van der Waals surface area contributed by atoms with Crippen molar-refractivity contribution >= 4 is 5.69 Å². The zero-order valence-corrected chi connectivity index (χ0v) is 11.1. The van der Waals surface area contributed by atoms with Gasteiger partial charge in [0.05, 0.1) is 0 Å². The van der Waals surface area contributed by atoms with E-state index in [-0.39, 0.29) is 5.82 Å². The molecule has 3 heteroatoms. The second-order valence-corrected chi connectivity index (χ2v) is 5.30. The van der Waals surface area contributed by atoms with Crippen LogP contribution in [0.4, 0.5) is 10.1 Å². The standard InChI is InChI=1S/C15H23FN2/c1-2-18(15-5-3-4-13(16)10-15)11-12-6-8-14(17)9-7-12/h3-5,10,12,14H,2,6-9,11,17H2,1H3. The van der Waals surface area contributed by atoms with Crippen molar-refractivity contribution in [1.29, 1.82) is 0 Å². The van der Waals surface area contributed by atoms with Gasteiger partial charge in [-0.25, -0.2) is 4.39 Å². The van der Waals surface area contributed by atoms with Crippen molar-refractivity contribution in [3.05, 3.63) is 30.1 Å². The number of hydrogen-bond donors (Lipinski definition) is 1. The average molecular weight is 250 g/mol. The molecule has 2 rings (SSSR count). The molecule has 100 valence electrons. The van der Waals surface area contributed by atoms with E-state index in [4.69, 9.17) is 5.73 Å². The molecule has 1 aromatic rings. The Morgan fingerprint density at radius 2 is 2.00 bits per heavy atom. The first kappa shape index (κ1) is 13.3. The largest absolute Gasteiger partial charge is 0.371 e. The molecule has 0 bridgehead atoms. The first-order chi connectivity index (χ1) is 8.69. The summed E-state index contributed by atoms with van der Waals surface area (Å²) in [7, 11) is 0. The normalized spacial score (nSPS) is 23.9. The second-order valence-electron chi connectivity index (χ2n) is 5.30. The molecular weight excluding hydrogens is 227 g/mol. The van der Waals surface area contributed by atoms with E-state index in [0.29, 0.717) is 12.0 Å². The van der Waals surface area contributed by atoms with Gasteiger partial charge in [-0.1, -0.05) is 6.07 Å². The highest BCUT2D eigenvalue weighted by atomic mass is 19.1. The van der Waals surface area contributed by atoms with Crippen molar-refractivity contribution in [3.8, 4) is 0 Å². The summed E-state index contributed by atoms with van der Waals surface area (Å²) in [5.74, 6) is 0.546. The molecule has 0 amide bonds. The molecule has 1 saturated carbocycles. The molecule has 0 unspecified atom stereocenters. The van der Waals surface area contributed by atoms with Crippen LogP contribution in [0.3, 0.4) is 0 Å². The lowest BCUT2D eigenvalue weighted by Gasteiger charge is -2.32. The zero-order valence-electron chi connectivity index (χ0n) is 11.1. The first-order valence-corrected chi connectivity index (χ1v) is 6.95. The van der Waals surface area contributed by atoms with Crippen LogP contribution >= 0.6 is 0 Å². The van der Waals surface area contributed by atoms with Crippen LogP contribution < -0.4 is 10.6 Å². The van der Waals surface area contributed by atoms with Gasteiger partial charge in [-0.15, -0.1) is 0 Å². The Balaban J connectivity index is 1.97. The van der Waals surface area contributed by atoms with Crippen molar-refractivity contribution < 1.29 is 4.39 Å². The maximum absolute atomic E-state index is 13.3. The van der Waals surface area contributed by atoms with Crippen molar-refractivity contribution in [2.24, 2.45) is 11.7 Å². The van der Waals surface area contributed by atoms with Crippen LogP contribution in [0.1, 0.15) is 32.6 Å². The zero-order chi connectivity index (χ0) is 13.0. The van der Waals surface area contributed by atoms with E-state index < -0.39 is 0 Å². The molecule has 1 aromatic carbocycles. The monoisotopic (exact) mass is 250 g/mol. The summed E-state index contributed by atoms with van der Waals surface area (Å²) in [5.41, 5.74) is 6.92. The molecule has 0 heterocycles. The first-order valence-electron chi connectivity index (χ1n) is 6.95. The third kappa shape index (κ3) is 3.45. The number of anilines is 1. The summed E-state index contributed by atoms with van der Waals surface area (Å²) < 4.78 is 13.3. The van der Waals surface area contributed by atoms with Crippen LogP contribution in [0.25, 0.3) is 0 Å². The quantitative estimate of drug-likeness (QED) is 0.889. The minimum Gasteiger partial charge on any atom is -0.371 e. The maximum Gasteiger partial charge on any atom is 0.125 e. The minimum atomic E-state index is -0.156. The Bertz CT molecular complexity index is 373. The Labute approximate surface area is 109 Å². The van der Waals surface area contributed by atoms with Crippen LogP contribution in [0, 0.1) is 11.7 Å². The van der Waals surface area contributed by atoms with Gasteiger partial charge in [-0.2, -0.15) is 0 Å². The molecular formula is C15H23FN2. The lowest BCUT2D eigenvalue weighted by atomic mass is 9.86. The van der Waals surface area contributed by atoms with Crippen molar-refractivity contribution in [2.75, 3.05) is 18.0 Å². The topological polar surface area (TPSA) is 29.3 Å². The molecule has 0 aromatic heterocycles. The summed E-state index contributed by atoms with van der Waals surface area (Å²) >= 11 is 0. The average Bonchev–Trinajstić information content (AvgIpc) is 2.38. The number of nitrogens with zero attached hydrogens (tertiary/aromatic N) is 1. The molecule has 0 radical (unpaired) electrons. The molecule has 0 spiro atoms. The SMILES string of the molecule is CCN(CC1CCC(N)CC1)c1cccc(F)c1. The summed E-state index contributed by atoms with van der Waals surface area (Å²) in [6.45, 7) is 4.07. The predicted molar refractivity (Wildman–Crippen MR) is 74.2 cm³/mol. The molecule has 2 nitrogen and oxygen atoms in total. The van der Waals surface area contributed by atoms with Crippen molar-refractivity contribution in [2.45, 2.75) is 38.6 Å². The lowest BCUT2D eigenvalue weighted by molar-refractivity contribution is 0.327. The van der Waals surface area contributed by atoms with Gasteiger partial charge in [-0.3, -0.25) is 0 Å². The molecule has 1 fully saturated rings. The maximum atomic E-state index is 13.3. The van der Waals surface area contributed by atoms with Crippen LogP contribution in [-0.4, -0.2) is 19.1 Å². The van der Waals surface area contributed by atoms with Crippen LogP contribution in [0.2, 0.25) is 0 Å². The third-order valence-corrected chi connectivity index (χ3v) is 3.93. The van der Waals surface area contributed by atoms with E-state index in [9.17, 15) is 4.39 Å². The van der Waals surface area contributed by atoms with Gasteiger partial charge >= 0.3 is 0 Å². The minimum absolute atomic E-state index is 0.156. The lowest BCUT2D eigenvalue weighted by Crippen LogP contribution is -2.34. The Hall–Kier alpha value is -1.09. The van der Waals surface area contributed by atoms with Gasteiger partial charge in [-0.05, 0) is 56.7 Å². The van der Waals surface area contributed by atoms with E-state index in [1.54, 1.807) is 12.1 Å². The number of hydrogen-bond acceptors (Lipinski definition) is 2. The van der Waals surface area contributed by atoms with Crippen molar-refractivity contribution in [1.82, 2.24) is 0 Å². The fraction of sp³-hybridized carbons (Fsp3) is 0.600. The number of nitrogens with two attached hydrogens (primary N) is 1. The van der Waals surface area contributed by atoms with E-state index in [0.717, 1.165) is 31.6 Å². The summed E-state index contributed by atoms with van der Waals surface area (Å²) in [5, 5.41) is 0. The van der Waals surface area contributed by atoms with Gasteiger partial charge < -0.3 is 10.6 Å². The van der Waals surface area contributed by atoms with Gasteiger partial charge in [0.15, 0.2) is 0 Å². The van der Waals surface area contributed by atoms with Crippen molar-refractivity contribution in [3.63, 3.8) is 0 Å². The number of rotatable bonds is 4. The van der Waals surface area contributed by atoms with E-state index in [1.165, 1.54) is 18.9 Å². The van der Waals surface area contributed by atoms with Gasteiger partial charge in [0, 0.05) is 24.8 Å². The molecule has 1 aliphatic rings. The van der Waals surface area contributed by atoms with Crippen LogP contribution in [-0.2, 0) is 0 Å². The van der Waals surface area contributed by atoms with E-state index in [1.807, 2.05) is 6.07 Å². The van der Waals surface area contributed by atoms with Crippen LogP contribution in [0.5, 0.6) is 0 Å².